The third-order valence-electron chi connectivity index (χ3n) is 4.87. The molecule has 2 heterocycles. The molecule has 0 spiro atoms. The molecule has 7 heteroatoms. The second kappa shape index (κ2) is 8.24. The van der Waals surface area contributed by atoms with Crippen LogP contribution >= 0.6 is 0 Å². The number of carbonyl (C=O) groups is 1. The van der Waals surface area contributed by atoms with Crippen LogP contribution in [0.2, 0.25) is 0 Å². The fraction of sp³-hybridized carbons (Fsp3) is 0.130. The predicted octanol–water partition coefficient (Wildman–Crippen LogP) is 4.74. The average Bonchev–Trinajstić information content (AvgIpc) is 3.15. The molecule has 0 aliphatic carbocycles. The third-order valence-corrected chi connectivity index (χ3v) is 4.87. The van der Waals surface area contributed by atoms with Crippen LogP contribution in [0.5, 0.6) is 0 Å². The highest BCUT2D eigenvalue weighted by atomic mass is 19.1. The molecule has 4 aromatic rings. The van der Waals surface area contributed by atoms with Crippen LogP contribution in [-0.2, 0) is 11.2 Å². The zero-order valence-corrected chi connectivity index (χ0v) is 16.5. The quantitative estimate of drug-likeness (QED) is 0.522. The van der Waals surface area contributed by atoms with E-state index in [9.17, 15) is 9.18 Å². The van der Waals surface area contributed by atoms with Gasteiger partial charge in [-0.3, -0.25) is 10.1 Å². The Bertz CT molecular complexity index is 1210. The van der Waals surface area contributed by atoms with Gasteiger partial charge in [0, 0.05) is 11.8 Å². The summed E-state index contributed by atoms with van der Waals surface area (Å²) in [6.45, 7) is 4.04. The summed E-state index contributed by atoms with van der Waals surface area (Å²) in [6, 6.07) is 13.8. The van der Waals surface area contributed by atoms with Gasteiger partial charge in [0.25, 0.3) is 0 Å². The van der Waals surface area contributed by atoms with Crippen molar-refractivity contribution in [2.75, 3.05) is 5.32 Å². The fourth-order valence-corrected chi connectivity index (χ4v) is 3.12. The number of benzene rings is 2. The zero-order valence-electron chi connectivity index (χ0n) is 16.5. The second-order valence-electron chi connectivity index (χ2n) is 6.95. The van der Waals surface area contributed by atoms with E-state index in [-0.39, 0.29) is 12.3 Å². The van der Waals surface area contributed by atoms with Gasteiger partial charge in [0.2, 0.25) is 11.8 Å². The summed E-state index contributed by atoms with van der Waals surface area (Å²) in [4.78, 5) is 20.8. The second-order valence-corrected chi connectivity index (χ2v) is 6.95. The standard InChI is InChI=1S/C23H19FN4O2/c1-14-7-8-17(11-15(14)2)22-21(19-9-10-25-13-26-19)23(30-28-22)27-20(29)12-16-5-3-4-6-18(16)24/h3-11,13H,12H2,1-2H3,(H,27,29). The van der Waals surface area contributed by atoms with Crippen LogP contribution < -0.4 is 5.32 Å². The molecule has 30 heavy (non-hydrogen) atoms. The van der Waals surface area contributed by atoms with Crippen molar-refractivity contribution in [3.05, 3.63) is 83.6 Å². The Labute approximate surface area is 172 Å². The van der Waals surface area contributed by atoms with Crippen LogP contribution in [0, 0.1) is 19.7 Å². The lowest BCUT2D eigenvalue weighted by Crippen LogP contribution is -2.15. The lowest BCUT2D eigenvalue weighted by molar-refractivity contribution is -0.115. The summed E-state index contributed by atoms with van der Waals surface area (Å²) in [7, 11) is 0. The SMILES string of the molecule is Cc1ccc(-c2noc(NC(=O)Cc3ccccc3F)c2-c2ccncn2)cc1C. The lowest BCUT2D eigenvalue weighted by Gasteiger charge is -2.07. The lowest BCUT2D eigenvalue weighted by atomic mass is 10.0. The smallest absolute Gasteiger partial charge is 0.241 e. The number of hydrogen-bond acceptors (Lipinski definition) is 5. The Morgan fingerprint density at radius 2 is 1.93 bits per heavy atom. The molecular formula is C23H19FN4O2. The minimum absolute atomic E-state index is 0.129. The number of nitrogens with zero attached hydrogens (tertiary/aromatic N) is 3. The first-order valence-electron chi connectivity index (χ1n) is 9.40. The number of anilines is 1. The van der Waals surface area contributed by atoms with Gasteiger partial charge in [-0.2, -0.15) is 0 Å². The summed E-state index contributed by atoms with van der Waals surface area (Å²) in [6.07, 6.45) is 2.89. The Kier molecular flexibility index (Phi) is 5.34. The predicted molar refractivity (Wildman–Crippen MR) is 111 cm³/mol. The van der Waals surface area contributed by atoms with Crippen LogP contribution in [0.15, 0.2) is 65.6 Å². The fourth-order valence-electron chi connectivity index (χ4n) is 3.12. The third kappa shape index (κ3) is 3.96. The van der Waals surface area contributed by atoms with Crippen molar-refractivity contribution in [1.82, 2.24) is 15.1 Å². The topological polar surface area (TPSA) is 80.9 Å². The van der Waals surface area contributed by atoms with Crippen LogP contribution in [0.25, 0.3) is 22.5 Å². The largest absolute Gasteiger partial charge is 0.337 e. The van der Waals surface area contributed by atoms with E-state index in [1.165, 1.54) is 12.4 Å². The van der Waals surface area contributed by atoms with E-state index in [1.807, 2.05) is 32.0 Å². The molecule has 2 aromatic heterocycles. The van der Waals surface area contributed by atoms with Crippen molar-refractivity contribution >= 4 is 11.8 Å². The summed E-state index contributed by atoms with van der Waals surface area (Å²) in [5.74, 6) is -0.696. The summed E-state index contributed by atoms with van der Waals surface area (Å²) in [5, 5.41) is 6.89. The number of aromatic nitrogens is 3. The van der Waals surface area contributed by atoms with E-state index in [1.54, 1.807) is 30.5 Å². The zero-order chi connectivity index (χ0) is 21.1. The highest BCUT2D eigenvalue weighted by molar-refractivity contribution is 5.97. The number of carbonyl (C=O) groups excluding carboxylic acids is 1. The Hall–Kier alpha value is -3.87. The van der Waals surface area contributed by atoms with E-state index in [0.717, 1.165) is 16.7 Å². The van der Waals surface area contributed by atoms with Crippen molar-refractivity contribution in [3.8, 4) is 22.5 Å². The molecule has 1 N–H and O–H groups in total. The van der Waals surface area contributed by atoms with Gasteiger partial charge >= 0.3 is 0 Å². The van der Waals surface area contributed by atoms with E-state index < -0.39 is 11.7 Å². The molecule has 0 bridgehead atoms. The highest BCUT2D eigenvalue weighted by Gasteiger charge is 2.22. The number of nitrogens with one attached hydrogen (secondary N) is 1. The monoisotopic (exact) mass is 402 g/mol. The van der Waals surface area contributed by atoms with E-state index in [4.69, 9.17) is 4.52 Å². The van der Waals surface area contributed by atoms with Gasteiger partial charge in [0.05, 0.1) is 17.7 Å². The molecule has 0 atom stereocenters. The molecule has 4 rings (SSSR count). The maximum atomic E-state index is 13.9. The Balaban J connectivity index is 1.71. The molecule has 150 valence electrons. The van der Waals surface area contributed by atoms with E-state index >= 15 is 0 Å². The van der Waals surface area contributed by atoms with Crippen LogP contribution in [0.3, 0.4) is 0 Å². The molecule has 0 fully saturated rings. The first-order valence-corrected chi connectivity index (χ1v) is 9.40. The van der Waals surface area contributed by atoms with Gasteiger partial charge in [-0.15, -0.1) is 0 Å². The van der Waals surface area contributed by atoms with Crippen molar-refractivity contribution in [2.24, 2.45) is 0 Å². The molecule has 0 saturated carbocycles. The molecule has 0 saturated heterocycles. The van der Waals surface area contributed by atoms with E-state index in [2.05, 4.69) is 20.4 Å². The van der Waals surface area contributed by atoms with Crippen molar-refractivity contribution in [3.63, 3.8) is 0 Å². The first-order chi connectivity index (χ1) is 14.5. The van der Waals surface area contributed by atoms with Gasteiger partial charge in [-0.25, -0.2) is 14.4 Å². The summed E-state index contributed by atoms with van der Waals surface area (Å²) in [5.41, 5.74) is 5.05. The van der Waals surface area contributed by atoms with Gasteiger partial charge < -0.3 is 4.52 Å². The summed E-state index contributed by atoms with van der Waals surface area (Å²) >= 11 is 0. The van der Waals surface area contributed by atoms with Crippen molar-refractivity contribution < 1.29 is 13.7 Å². The highest BCUT2D eigenvalue weighted by Crippen LogP contribution is 2.37. The molecule has 1 amide bonds. The average molecular weight is 402 g/mol. The normalized spacial score (nSPS) is 10.8. The molecule has 0 aliphatic heterocycles. The number of amides is 1. The van der Waals surface area contributed by atoms with Crippen LogP contribution in [-0.4, -0.2) is 21.0 Å². The van der Waals surface area contributed by atoms with Gasteiger partial charge in [-0.1, -0.05) is 35.5 Å². The molecule has 0 unspecified atom stereocenters. The minimum Gasteiger partial charge on any atom is -0.337 e. The molecule has 6 nitrogen and oxygen atoms in total. The van der Waals surface area contributed by atoms with Gasteiger partial charge in [0.15, 0.2) is 0 Å². The molecular weight excluding hydrogens is 383 g/mol. The molecule has 0 aliphatic rings. The molecule has 2 aromatic carbocycles. The number of aryl methyl sites for hydroxylation is 2. The number of halogens is 1. The van der Waals surface area contributed by atoms with Gasteiger partial charge in [0.1, 0.15) is 17.8 Å². The Morgan fingerprint density at radius 3 is 2.67 bits per heavy atom. The summed E-state index contributed by atoms with van der Waals surface area (Å²) < 4.78 is 19.4. The molecule has 0 radical (unpaired) electrons. The van der Waals surface area contributed by atoms with Gasteiger partial charge in [-0.05, 0) is 48.7 Å². The van der Waals surface area contributed by atoms with Crippen LogP contribution in [0.4, 0.5) is 10.3 Å². The van der Waals surface area contributed by atoms with Crippen LogP contribution in [0.1, 0.15) is 16.7 Å². The van der Waals surface area contributed by atoms with Crippen molar-refractivity contribution in [1.29, 1.82) is 0 Å². The number of hydrogen-bond donors (Lipinski definition) is 1. The number of rotatable bonds is 5. The maximum Gasteiger partial charge on any atom is 0.241 e. The van der Waals surface area contributed by atoms with Crippen molar-refractivity contribution in [2.45, 2.75) is 20.3 Å². The first kappa shape index (κ1) is 19.4. The Morgan fingerprint density at radius 1 is 1.10 bits per heavy atom. The van der Waals surface area contributed by atoms with E-state index in [0.29, 0.717) is 22.5 Å². The minimum atomic E-state index is -0.433. The maximum absolute atomic E-state index is 13.9.